The number of hydrogen-bond acceptors (Lipinski definition) is 11. The highest BCUT2D eigenvalue weighted by atomic mass is 32.2. The molecule has 0 bridgehead atoms. The minimum atomic E-state index is -1.61. The van der Waals surface area contributed by atoms with Gasteiger partial charge in [0.15, 0.2) is 0 Å². The van der Waals surface area contributed by atoms with Crippen LogP contribution in [0, 0.1) is 0 Å². The van der Waals surface area contributed by atoms with E-state index in [1.54, 1.807) is 6.26 Å². The number of nitrogens with two attached hydrogens (primary N) is 2. The van der Waals surface area contributed by atoms with Gasteiger partial charge < -0.3 is 53.4 Å². The molecule has 43 heavy (non-hydrogen) atoms. The van der Waals surface area contributed by atoms with Crippen LogP contribution in [0.5, 0.6) is 0 Å². The number of aliphatic carboxylic acids is 2. The zero-order chi connectivity index (χ0) is 33.3. The van der Waals surface area contributed by atoms with Crippen molar-refractivity contribution in [3.63, 3.8) is 0 Å². The van der Waals surface area contributed by atoms with Crippen molar-refractivity contribution in [2.75, 3.05) is 18.6 Å². The van der Waals surface area contributed by atoms with Crippen molar-refractivity contribution in [1.29, 1.82) is 0 Å². The Kier molecular flexibility index (Phi) is 18.2. The molecule has 0 aromatic carbocycles. The Morgan fingerprint density at radius 2 is 1.14 bits per heavy atom. The number of primary amides is 1. The number of carboxylic acid groups (broad SMARTS) is 2. The summed E-state index contributed by atoms with van der Waals surface area (Å²) < 4.78 is 0. The average molecular weight is 636 g/mol. The molecule has 12 N–H and O–H groups in total. The fourth-order valence-corrected chi connectivity index (χ4v) is 3.77. The molecule has 0 fully saturated rings. The standard InChI is InChI=1S/C24H41N7O11S/c1-11(25)19(36)28-13(5-7-18(34)35)21(38)27-12(2)20(37)29-14(8-9-43-3)22(39)31-16(10-32)23(40)30-15(24(41)42)4-6-17(26)33/h11-16,32H,4-10,25H2,1-3H3,(H2,26,33)(H,27,38)(H,28,36)(H,29,37)(H,30,40)(H,31,39)(H,34,35)(H,41,42). The number of carboxylic acids is 2. The van der Waals surface area contributed by atoms with E-state index in [4.69, 9.17) is 16.6 Å². The topological polar surface area (TPSA) is 309 Å². The summed E-state index contributed by atoms with van der Waals surface area (Å²) in [5.41, 5.74) is 10.5. The second-order valence-corrected chi connectivity index (χ2v) is 10.5. The Labute approximate surface area is 251 Å². The number of rotatable bonds is 21. The number of aliphatic hydroxyl groups is 1. The molecule has 0 spiro atoms. The normalized spacial score (nSPS) is 14.9. The second kappa shape index (κ2) is 20.0. The lowest BCUT2D eigenvalue weighted by molar-refractivity contribution is -0.143. The first-order valence-electron chi connectivity index (χ1n) is 13.1. The third-order valence-electron chi connectivity index (χ3n) is 5.80. The van der Waals surface area contributed by atoms with Gasteiger partial charge in [-0.15, -0.1) is 0 Å². The Hall–Kier alpha value is -3.97. The molecule has 0 aromatic heterocycles. The summed E-state index contributed by atoms with van der Waals surface area (Å²) in [5.74, 6) is -7.52. The summed E-state index contributed by atoms with van der Waals surface area (Å²) >= 11 is 1.33. The van der Waals surface area contributed by atoms with E-state index in [0.29, 0.717) is 5.75 Å². The molecular formula is C24H41N7O11S. The molecule has 6 atom stereocenters. The summed E-state index contributed by atoms with van der Waals surface area (Å²) in [6, 6.07) is -7.98. The summed E-state index contributed by atoms with van der Waals surface area (Å²) in [4.78, 5) is 96.5. The van der Waals surface area contributed by atoms with Crippen molar-refractivity contribution >= 4 is 59.1 Å². The molecule has 19 heteroatoms. The van der Waals surface area contributed by atoms with Crippen LogP contribution in [0.2, 0.25) is 0 Å². The molecule has 0 radical (unpaired) electrons. The van der Waals surface area contributed by atoms with Crippen LogP contribution < -0.4 is 38.1 Å². The monoisotopic (exact) mass is 635 g/mol. The quantitative estimate of drug-likeness (QED) is 0.0572. The highest BCUT2D eigenvalue weighted by Gasteiger charge is 2.31. The zero-order valence-electron chi connectivity index (χ0n) is 24.1. The third kappa shape index (κ3) is 15.7. The number of carbonyl (C=O) groups is 8. The minimum Gasteiger partial charge on any atom is -0.481 e. The maximum atomic E-state index is 13.0. The van der Waals surface area contributed by atoms with Gasteiger partial charge in [0.2, 0.25) is 35.4 Å². The number of aliphatic hydroxyl groups excluding tert-OH is 1. The van der Waals surface area contributed by atoms with E-state index < -0.39 is 96.7 Å². The molecule has 0 aliphatic rings. The second-order valence-electron chi connectivity index (χ2n) is 9.50. The minimum absolute atomic E-state index is 0.0568. The first kappa shape index (κ1) is 39.0. The smallest absolute Gasteiger partial charge is 0.326 e. The Bertz CT molecular complexity index is 1030. The van der Waals surface area contributed by atoms with Gasteiger partial charge in [-0.3, -0.25) is 33.6 Å². The summed E-state index contributed by atoms with van der Waals surface area (Å²) in [7, 11) is 0. The van der Waals surface area contributed by atoms with Gasteiger partial charge in [0.1, 0.15) is 30.2 Å². The average Bonchev–Trinajstić information content (AvgIpc) is 2.92. The number of amides is 6. The van der Waals surface area contributed by atoms with Gasteiger partial charge >= 0.3 is 11.9 Å². The molecule has 0 aliphatic carbocycles. The van der Waals surface area contributed by atoms with E-state index >= 15 is 0 Å². The molecule has 6 unspecified atom stereocenters. The largest absolute Gasteiger partial charge is 0.481 e. The van der Waals surface area contributed by atoms with E-state index in [1.807, 2.05) is 0 Å². The van der Waals surface area contributed by atoms with Crippen molar-refractivity contribution in [2.24, 2.45) is 11.5 Å². The zero-order valence-corrected chi connectivity index (χ0v) is 24.9. The molecule has 6 amide bonds. The maximum Gasteiger partial charge on any atom is 0.326 e. The Balaban J connectivity index is 5.51. The van der Waals surface area contributed by atoms with Gasteiger partial charge in [-0.2, -0.15) is 11.8 Å². The first-order valence-corrected chi connectivity index (χ1v) is 14.5. The lowest BCUT2D eigenvalue weighted by atomic mass is 10.1. The number of thioether (sulfide) groups is 1. The van der Waals surface area contributed by atoms with Crippen molar-refractivity contribution < 1.29 is 53.7 Å². The Morgan fingerprint density at radius 1 is 0.674 bits per heavy atom. The summed E-state index contributed by atoms with van der Waals surface area (Å²) in [5, 5.41) is 39.3. The third-order valence-corrected chi connectivity index (χ3v) is 6.44. The summed E-state index contributed by atoms with van der Waals surface area (Å²) in [6.45, 7) is 1.71. The van der Waals surface area contributed by atoms with Gasteiger partial charge in [-0.05, 0) is 45.1 Å². The molecular weight excluding hydrogens is 594 g/mol. The predicted octanol–water partition coefficient (Wildman–Crippen LogP) is -4.26. The summed E-state index contributed by atoms with van der Waals surface area (Å²) in [6.07, 6.45) is 0.362. The van der Waals surface area contributed by atoms with Crippen molar-refractivity contribution in [3.05, 3.63) is 0 Å². The molecule has 0 aliphatic heterocycles. The fourth-order valence-electron chi connectivity index (χ4n) is 3.30. The van der Waals surface area contributed by atoms with Gasteiger partial charge in [0, 0.05) is 12.8 Å². The molecule has 0 saturated carbocycles. The van der Waals surface area contributed by atoms with Gasteiger partial charge in [0.05, 0.1) is 12.6 Å². The molecule has 0 heterocycles. The highest BCUT2D eigenvalue weighted by Crippen LogP contribution is 2.05. The lowest BCUT2D eigenvalue weighted by Crippen LogP contribution is -2.59. The van der Waals surface area contributed by atoms with Crippen molar-refractivity contribution in [1.82, 2.24) is 26.6 Å². The van der Waals surface area contributed by atoms with Crippen LogP contribution in [0.25, 0.3) is 0 Å². The maximum absolute atomic E-state index is 13.0. The predicted molar refractivity (Wildman–Crippen MR) is 152 cm³/mol. The highest BCUT2D eigenvalue weighted by molar-refractivity contribution is 7.98. The number of nitrogens with one attached hydrogen (secondary N) is 5. The molecule has 0 rings (SSSR count). The lowest BCUT2D eigenvalue weighted by Gasteiger charge is -2.25. The number of carbonyl (C=O) groups excluding carboxylic acids is 6. The van der Waals surface area contributed by atoms with Gasteiger partial charge in [-0.1, -0.05) is 0 Å². The molecule has 0 saturated heterocycles. The van der Waals surface area contributed by atoms with Crippen LogP contribution in [-0.4, -0.2) is 118 Å². The van der Waals surface area contributed by atoms with Crippen LogP contribution in [0.1, 0.15) is 46.0 Å². The number of hydrogen-bond donors (Lipinski definition) is 10. The molecule has 244 valence electrons. The van der Waals surface area contributed by atoms with Crippen molar-refractivity contribution in [3.8, 4) is 0 Å². The van der Waals surface area contributed by atoms with E-state index in [0.717, 1.165) is 0 Å². The van der Waals surface area contributed by atoms with Crippen LogP contribution in [0.15, 0.2) is 0 Å². The fraction of sp³-hybridized carbons (Fsp3) is 0.667. The van der Waals surface area contributed by atoms with E-state index in [1.165, 1.54) is 25.6 Å². The molecule has 18 nitrogen and oxygen atoms in total. The van der Waals surface area contributed by atoms with Crippen LogP contribution in [0.3, 0.4) is 0 Å². The van der Waals surface area contributed by atoms with E-state index in [9.17, 15) is 48.6 Å². The van der Waals surface area contributed by atoms with Crippen LogP contribution in [0.4, 0.5) is 0 Å². The van der Waals surface area contributed by atoms with Gasteiger partial charge in [0.25, 0.3) is 0 Å². The van der Waals surface area contributed by atoms with E-state index in [-0.39, 0.29) is 25.7 Å². The first-order chi connectivity index (χ1) is 20.0. The van der Waals surface area contributed by atoms with Crippen LogP contribution >= 0.6 is 11.8 Å². The van der Waals surface area contributed by atoms with Gasteiger partial charge in [-0.25, -0.2) is 4.79 Å². The SMILES string of the molecule is CSCCC(NC(=O)C(C)NC(=O)C(CCC(=O)O)NC(=O)C(C)N)C(=O)NC(CO)C(=O)NC(CCC(N)=O)C(=O)O. The van der Waals surface area contributed by atoms with Crippen LogP contribution in [-0.2, 0) is 38.4 Å². The Morgan fingerprint density at radius 3 is 1.63 bits per heavy atom. The molecule has 0 aromatic rings. The van der Waals surface area contributed by atoms with Crippen molar-refractivity contribution in [2.45, 2.75) is 82.2 Å². The van der Waals surface area contributed by atoms with E-state index in [2.05, 4.69) is 26.6 Å².